The van der Waals surface area contributed by atoms with Gasteiger partial charge in [0.05, 0.1) is 11.3 Å². The molecule has 0 saturated carbocycles. The van der Waals surface area contributed by atoms with Gasteiger partial charge in [-0.25, -0.2) is 4.79 Å². The first-order valence-corrected chi connectivity index (χ1v) is 10.7. The van der Waals surface area contributed by atoms with Gasteiger partial charge < -0.3 is 19.7 Å². The molecule has 0 saturated heterocycles. The molecule has 0 atom stereocenters. The van der Waals surface area contributed by atoms with Crippen LogP contribution in [0.5, 0.6) is 5.75 Å². The minimum atomic E-state index is -1.04. The lowest BCUT2D eigenvalue weighted by atomic mass is 10.1. The van der Waals surface area contributed by atoms with E-state index in [-0.39, 0.29) is 23.8 Å². The molecule has 0 aliphatic rings. The van der Waals surface area contributed by atoms with E-state index in [0.717, 1.165) is 16.9 Å². The molecule has 2 N–H and O–H groups in total. The number of carboxylic acid groups (broad SMARTS) is 1. The topological polar surface area (TPSA) is 106 Å². The van der Waals surface area contributed by atoms with Crippen molar-refractivity contribution in [1.29, 1.82) is 0 Å². The van der Waals surface area contributed by atoms with Crippen LogP contribution < -0.4 is 10.1 Å². The molecule has 3 rings (SSSR count). The number of nitrogens with one attached hydrogen (secondary N) is 1. The lowest BCUT2D eigenvalue weighted by Gasteiger charge is -2.11. The molecule has 0 bridgehead atoms. The predicted octanol–water partition coefficient (Wildman–Crippen LogP) is 3.92. The number of nitrogens with zero attached hydrogens (tertiary/aromatic N) is 3. The number of hydrogen-bond acceptors (Lipinski definition) is 6. The van der Waals surface area contributed by atoms with E-state index in [1.165, 1.54) is 23.9 Å². The lowest BCUT2D eigenvalue weighted by Crippen LogP contribution is -2.15. The van der Waals surface area contributed by atoms with Crippen molar-refractivity contribution in [3.63, 3.8) is 0 Å². The number of thioether (sulfide) groups is 1. The summed E-state index contributed by atoms with van der Waals surface area (Å²) in [5, 5.41) is 20.8. The summed E-state index contributed by atoms with van der Waals surface area (Å²) in [6.07, 6.45) is 0. The van der Waals surface area contributed by atoms with Crippen molar-refractivity contribution in [3.05, 3.63) is 65.0 Å². The molecule has 0 spiro atoms. The Kier molecular flexibility index (Phi) is 7.30. The summed E-state index contributed by atoms with van der Waals surface area (Å²) in [5.74, 6) is 0.305. The lowest BCUT2D eigenvalue weighted by molar-refractivity contribution is -0.113. The third kappa shape index (κ3) is 5.64. The SMILES string of the molecule is CCn1c(COc2cccc(C)c2C)nnc1SCC(=O)Nc1cccc(C(=O)O)c1. The van der Waals surface area contributed by atoms with E-state index in [1.807, 2.05) is 43.5 Å². The summed E-state index contributed by atoms with van der Waals surface area (Å²) in [5.41, 5.74) is 2.80. The summed E-state index contributed by atoms with van der Waals surface area (Å²) in [6, 6.07) is 12.0. The third-order valence-electron chi connectivity index (χ3n) is 4.75. The highest BCUT2D eigenvalue weighted by Gasteiger charge is 2.15. The van der Waals surface area contributed by atoms with Crippen LogP contribution in [0.2, 0.25) is 0 Å². The number of amides is 1. The molecule has 2 aromatic carbocycles. The maximum absolute atomic E-state index is 12.3. The van der Waals surface area contributed by atoms with Crippen LogP contribution in [-0.2, 0) is 17.9 Å². The minimum Gasteiger partial charge on any atom is -0.485 e. The maximum atomic E-state index is 12.3. The molecule has 3 aromatic rings. The van der Waals surface area contributed by atoms with Crippen molar-refractivity contribution >= 4 is 29.3 Å². The first-order valence-electron chi connectivity index (χ1n) is 9.76. The molecule has 0 aliphatic heterocycles. The number of rotatable bonds is 9. The Labute approximate surface area is 184 Å². The summed E-state index contributed by atoms with van der Waals surface area (Å²) < 4.78 is 7.85. The molecule has 31 heavy (non-hydrogen) atoms. The molecule has 0 unspecified atom stereocenters. The normalized spacial score (nSPS) is 10.7. The molecule has 0 fully saturated rings. The number of anilines is 1. The van der Waals surface area contributed by atoms with Gasteiger partial charge in [0.15, 0.2) is 11.0 Å². The van der Waals surface area contributed by atoms with Crippen LogP contribution in [0.25, 0.3) is 0 Å². The highest BCUT2D eigenvalue weighted by molar-refractivity contribution is 7.99. The number of aromatic nitrogens is 3. The molecule has 1 heterocycles. The fourth-order valence-corrected chi connectivity index (χ4v) is 3.75. The average molecular weight is 441 g/mol. The molecule has 0 radical (unpaired) electrons. The summed E-state index contributed by atoms with van der Waals surface area (Å²) in [6.45, 7) is 6.95. The molecular formula is C22H24N4O4S. The molecule has 9 heteroatoms. The van der Waals surface area contributed by atoms with Gasteiger partial charge in [-0.15, -0.1) is 10.2 Å². The Morgan fingerprint density at radius 3 is 2.68 bits per heavy atom. The Hall–Kier alpha value is -3.33. The molecule has 1 aromatic heterocycles. The van der Waals surface area contributed by atoms with E-state index in [0.29, 0.717) is 23.2 Å². The van der Waals surface area contributed by atoms with E-state index in [9.17, 15) is 9.59 Å². The van der Waals surface area contributed by atoms with Crippen LogP contribution in [0.4, 0.5) is 5.69 Å². The predicted molar refractivity (Wildman–Crippen MR) is 119 cm³/mol. The number of aryl methyl sites for hydroxylation is 1. The van der Waals surface area contributed by atoms with Gasteiger partial charge in [0.1, 0.15) is 12.4 Å². The zero-order chi connectivity index (χ0) is 22.4. The monoisotopic (exact) mass is 440 g/mol. The van der Waals surface area contributed by atoms with Crippen molar-refractivity contribution in [3.8, 4) is 5.75 Å². The minimum absolute atomic E-state index is 0.115. The number of hydrogen-bond donors (Lipinski definition) is 2. The van der Waals surface area contributed by atoms with Crippen molar-refractivity contribution in [2.45, 2.75) is 39.1 Å². The smallest absolute Gasteiger partial charge is 0.335 e. The number of benzene rings is 2. The summed E-state index contributed by atoms with van der Waals surface area (Å²) in [7, 11) is 0. The molecule has 162 valence electrons. The van der Waals surface area contributed by atoms with Crippen LogP contribution >= 0.6 is 11.8 Å². The highest BCUT2D eigenvalue weighted by atomic mass is 32.2. The van der Waals surface area contributed by atoms with E-state index in [2.05, 4.69) is 15.5 Å². The van der Waals surface area contributed by atoms with Crippen molar-refractivity contribution in [2.75, 3.05) is 11.1 Å². The van der Waals surface area contributed by atoms with Gasteiger partial charge >= 0.3 is 5.97 Å². The van der Waals surface area contributed by atoms with Crippen LogP contribution in [0.3, 0.4) is 0 Å². The second-order valence-corrected chi connectivity index (χ2v) is 7.80. The van der Waals surface area contributed by atoms with Gasteiger partial charge in [0.2, 0.25) is 5.91 Å². The number of carbonyl (C=O) groups is 2. The van der Waals surface area contributed by atoms with Crippen LogP contribution in [0, 0.1) is 13.8 Å². The second kappa shape index (κ2) is 10.1. The Bertz CT molecular complexity index is 1100. The van der Waals surface area contributed by atoms with Gasteiger partial charge in [-0.05, 0) is 56.2 Å². The van der Waals surface area contributed by atoms with E-state index < -0.39 is 5.97 Å². The first kappa shape index (κ1) is 22.4. The van der Waals surface area contributed by atoms with Crippen molar-refractivity contribution in [2.24, 2.45) is 0 Å². The van der Waals surface area contributed by atoms with Gasteiger partial charge in [0.25, 0.3) is 0 Å². The third-order valence-corrected chi connectivity index (χ3v) is 5.71. The molecule has 8 nitrogen and oxygen atoms in total. The van der Waals surface area contributed by atoms with Crippen molar-refractivity contribution < 1.29 is 19.4 Å². The molecule has 1 amide bonds. The Morgan fingerprint density at radius 1 is 1.16 bits per heavy atom. The van der Waals surface area contributed by atoms with Crippen LogP contribution in [-0.4, -0.2) is 37.5 Å². The number of carbonyl (C=O) groups excluding carboxylic acids is 1. The van der Waals surface area contributed by atoms with E-state index >= 15 is 0 Å². The van der Waals surface area contributed by atoms with Gasteiger partial charge in [-0.2, -0.15) is 0 Å². The highest BCUT2D eigenvalue weighted by Crippen LogP contribution is 2.23. The summed E-state index contributed by atoms with van der Waals surface area (Å²) >= 11 is 1.26. The quantitative estimate of drug-likeness (QED) is 0.486. The first-order chi connectivity index (χ1) is 14.9. The van der Waals surface area contributed by atoms with Gasteiger partial charge in [-0.1, -0.05) is 30.0 Å². The Morgan fingerprint density at radius 2 is 1.94 bits per heavy atom. The zero-order valence-electron chi connectivity index (χ0n) is 17.6. The fraction of sp³-hybridized carbons (Fsp3) is 0.273. The van der Waals surface area contributed by atoms with E-state index in [4.69, 9.17) is 9.84 Å². The molecular weight excluding hydrogens is 416 g/mol. The number of carboxylic acids is 1. The standard InChI is InChI=1S/C22H24N4O4S/c1-4-26-19(12-30-18-10-5-7-14(2)15(18)3)24-25-22(26)31-13-20(27)23-17-9-6-8-16(11-17)21(28)29/h5-11H,4,12-13H2,1-3H3,(H,23,27)(H,28,29). The van der Waals surface area contributed by atoms with Gasteiger partial charge in [0, 0.05) is 12.2 Å². The average Bonchev–Trinajstić information content (AvgIpc) is 3.15. The maximum Gasteiger partial charge on any atom is 0.335 e. The molecule has 0 aliphatic carbocycles. The largest absolute Gasteiger partial charge is 0.485 e. The van der Waals surface area contributed by atoms with Crippen molar-refractivity contribution in [1.82, 2.24) is 14.8 Å². The van der Waals surface area contributed by atoms with Crippen LogP contribution in [0.15, 0.2) is 47.6 Å². The Balaban J connectivity index is 1.60. The fourth-order valence-electron chi connectivity index (χ4n) is 2.93. The second-order valence-electron chi connectivity index (χ2n) is 6.85. The zero-order valence-corrected chi connectivity index (χ0v) is 18.4. The summed E-state index contributed by atoms with van der Waals surface area (Å²) in [4.78, 5) is 23.3. The van der Waals surface area contributed by atoms with E-state index in [1.54, 1.807) is 12.1 Å². The van der Waals surface area contributed by atoms with Gasteiger partial charge in [-0.3, -0.25) is 4.79 Å². The number of ether oxygens (including phenoxy) is 1. The number of aromatic carboxylic acids is 1. The van der Waals surface area contributed by atoms with Crippen LogP contribution in [0.1, 0.15) is 34.2 Å².